The van der Waals surface area contributed by atoms with Crippen LogP contribution < -0.4 is 0 Å². The second-order valence-electron chi connectivity index (χ2n) is 3.36. The van der Waals surface area contributed by atoms with Crippen LogP contribution in [0.15, 0.2) is 20.1 Å². The second kappa shape index (κ2) is 5.27. The molecule has 0 N–H and O–H groups in total. The van der Waals surface area contributed by atoms with Crippen LogP contribution in [0.25, 0.3) is 0 Å². The molecular formula is C9H11BrN2O2S2. The van der Waals surface area contributed by atoms with Crippen LogP contribution in [0, 0.1) is 11.3 Å². The highest BCUT2D eigenvalue weighted by Crippen LogP contribution is 2.29. The maximum absolute atomic E-state index is 12.1. The first-order valence-corrected chi connectivity index (χ1v) is 7.58. The summed E-state index contributed by atoms with van der Waals surface area (Å²) < 4.78 is 26.5. The summed E-state index contributed by atoms with van der Waals surface area (Å²) >= 11 is 4.36. The number of hydrogen-bond donors (Lipinski definition) is 0. The van der Waals surface area contributed by atoms with Crippen molar-refractivity contribution in [2.45, 2.75) is 24.1 Å². The number of nitrogens with zero attached hydrogens (tertiary/aromatic N) is 2. The minimum atomic E-state index is -3.54. The summed E-state index contributed by atoms with van der Waals surface area (Å²) in [6.07, 6.45) is 0. The van der Waals surface area contributed by atoms with Crippen molar-refractivity contribution in [1.82, 2.24) is 4.31 Å². The fraction of sp³-hybridized carbons (Fsp3) is 0.444. The lowest BCUT2D eigenvalue weighted by atomic mass is 10.4. The highest BCUT2D eigenvalue weighted by molar-refractivity contribution is 9.11. The zero-order valence-corrected chi connectivity index (χ0v) is 12.1. The quantitative estimate of drug-likeness (QED) is 0.800. The van der Waals surface area contributed by atoms with Crippen molar-refractivity contribution in [3.63, 3.8) is 0 Å². The molecule has 0 saturated carbocycles. The van der Waals surface area contributed by atoms with Crippen molar-refractivity contribution in [2.75, 3.05) is 6.54 Å². The lowest BCUT2D eigenvalue weighted by molar-refractivity contribution is 0.386. The summed E-state index contributed by atoms with van der Waals surface area (Å²) in [6.45, 7) is 3.37. The molecule has 4 nitrogen and oxygen atoms in total. The molecule has 88 valence electrons. The Morgan fingerprint density at radius 3 is 2.56 bits per heavy atom. The number of nitriles is 1. The number of rotatable bonds is 4. The predicted octanol–water partition coefficient (Wildman–Crippen LogP) is 2.43. The molecule has 1 aromatic rings. The first-order chi connectivity index (χ1) is 7.39. The second-order valence-corrected chi connectivity index (χ2v) is 7.94. The Labute approximate surface area is 108 Å². The van der Waals surface area contributed by atoms with Gasteiger partial charge in [-0.2, -0.15) is 9.57 Å². The van der Waals surface area contributed by atoms with Gasteiger partial charge < -0.3 is 0 Å². The maximum Gasteiger partial charge on any atom is 0.253 e. The third-order valence-electron chi connectivity index (χ3n) is 1.91. The van der Waals surface area contributed by atoms with E-state index in [1.165, 1.54) is 10.4 Å². The van der Waals surface area contributed by atoms with E-state index in [2.05, 4.69) is 15.9 Å². The molecule has 0 aliphatic heterocycles. The number of halogens is 1. The number of hydrogen-bond acceptors (Lipinski definition) is 4. The molecule has 0 saturated heterocycles. The van der Waals surface area contributed by atoms with E-state index in [9.17, 15) is 8.42 Å². The molecule has 1 heterocycles. The first-order valence-electron chi connectivity index (χ1n) is 4.53. The molecule has 0 spiro atoms. The van der Waals surface area contributed by atoms with Gasteiger partial charge in [0, 0.05) is 6.04 Å². The molecule has 0 aliphatic carbocycles. The Hall–Kier alpha value is -0.420. The zero-order chi connectivity index (χ0) is 12.3. The van der Waals surface area contributed by atoms with Gasteiger partial charge in [0.15, 0.2) is 0 Å². The fourth-order valence-corrected chi connectivity index (χ4v) is 4.84. The number of sulfonamides is 1. The topological polar surface area (TPSA) is 61.2 Å². The van der Waals surface area contributed by atoms with Crippen molar-refractivity contribution in [2.24, 2.45) is 0 Å². The van der Waals surface area contributed by atoms with Crippen LogP contribution >= 0.6 is 27.3 Å². The average Bonchev–Trinajstić information content (AvgIpc) is 2.61. The van der Waals surface area contributed by atoms with Gasteiger partial charge in [-0.3, -0.25) is 0 Å². The largest absolute Gasteiger partial charge is 0.253 e. The van der Waals surface area contributed by atoms with Crippen LogP contribution in [0.1, 0.15) is 13.8 Å². The van der Waals surface area contributed by atoms with E-state index in [1.54, 1.807) is 19.9 Å². The Morgan fingerprint density at radius 2 is 2.19 bits per heavy atom. The van der Waals surface area contributed by atoms with Crippen molar-refractivity contribution >= 4 is 37.3 Å². The highest BCUT2D eigenvalue weighted by atomic mass is 79.9. The summed E-state index contributed by atoms with van der Waals surface area (Å²) in [5.41, 5.74) is 0. The summed E-state index contributed by atoms with van der Waals surface area (Å²) in [6, 6.07) is 4.86. The van der Waals surface area contributed by atoms with E-state index >= 15 is 0 Å². The van der Waals surface area contributed by atoms with Crippen LogP contribution in [-0.4, -0.2) is 25.3 Å². The molecule has 0 amide bonds. The van der Waals surface area contributed by atoms with E-state index in [-0.39, 0.29) is 16.8 Å². The van der Waals surface area contributed by atoms with Gasteiger partial charge in [0.25, 0.3) is 10.0 Å². The van der Waals surface area contributed by atoms with E-state index in [0.29, 0.717) is 0 Å². The van der Waals surface area contributed by atoms with Gasteiger partial charge in [0.05, 0.1) is 9.86 Å². The van der Waals surface area contributed by atoms with Gasteiger partial charge >= 0.3 is 0 Å². The molecule has 16 heavy (non-hydrogen) atoms. The Morgan fingerprint density at radius 1 is 1.56 bits per heavy atom. The molecular weight excluding hydrogens is 312 g/mol. The monoisotopic (exact) mass is 322 g/mol. The van der Waals surface area contributed by atoms with Gasteiger partial charge in [0.2, 0.25) is 0 Å². The molecule has 7 heteroatoms. The molecule has 0 aromatic carbocycles. The van der Waals surface area contributed by atoms with Gasteiger partial charge in [-0.1, -0.05) is 0 Å². The molecule has 0 aliphatic rings. The molecule has 0 radical (unpaired) electrons. The molecule has 1 rings (SSSR count). The minimum absolute atomic E-state index is 0.129. The third-order valence-corrected chi connectivity index (χ3v) is 6.03. The van der Waals surface area contributed by atoms with Crippen molar-refractivity contribution in [3.05, 3.63) is 15.9 Å². The normalized spacial score (nSPS) is 12.0. The van der Waals surface area contributed by atoms with Crippen molar-refractivity contribution in [1.29, 1.82) is 5.26 Å². The molecule has 1 aromatic heterocycles. The summed E-state index contributed by atoms with van der Waals surface area (Å²) in [5.74, 6) is 0. The van der Waals surface area contributed by atoms with Crippen LogP contribution in [-0.2, 0) is 10.0 Å². The van der Waals surface area contributed by atoms with Gasteiger partial charge in [-0.05, 0) is 41.9 Å². The van der Waals surface area contributed by atoms with Crippen LogP contribution in [0.5, 0.6) is 0 Å². The van der Waals surface area contributed by atoms with Gasteiger partial charge in [-0.15, -0.1) is 11.3 Å². The molecule has 0 unspecified atom stereocenters. The highest BCUT2D eigenvalue weighted by Gasteiger charge is 2.27. The Bertz CT molecular complexity index is 502. The lowest BCUT2D eigenvalue weighted by Gasteiger charge is -2.21. The smallest absolute Gasteiger partial charge is 0.206 e. The molecule has 0 bridgehead atoms. The van der Waals surface area contributed by atoms with E-state index < -0.39 is 10.0 Å². The predicted molar refractivity (Wildman–Crippen MR) is 66.7 cm³/mol. The van der Waals surface area contributed by atoms with Gasteiger partial charge in [-0.25, -0.2) is 8.42 Å². The van der Waals surface area contributed by atoms with Crippen molar-refractivity contribution < 1.29 is 8.42 Å². The molecule has 0 atom stereocenters. The zero-order valence-electron chi connectivity index (χ0n) is 8.84. The minimum Gasteiger partial charge on any atom is -0.206 e. The van der Waals surface area contributed by atoms with Crippen LogP contribution in [0.3, 0.4) is 0 Å². The third kappa shape index (κ3) is 2.83. The van der Waals surface area contributed by atoms with Crippen LogP contribution in [0.2, 0.25) is 0 Å². The standard InChI is InChI=1S/C9H11BrN2O2S2/c1-7(2)12(6-5-11)16(13,14)9-4-3-8(10)15-9/h3-4,7H,6H2,1-2H3. The Kier molecular flexibility index (Phi) is 4.50. The fourth-order valence-electron chi connectivity index (χ4n) is 1.17. The van der Waals surface area contributed by atoms with Crippen LogP contribution in [0.4, 0.5) is 0 Å². The summed E-state index contributed by atoms with van der Waals surface area (Å²) in [7, 11) is -3.54. The summed E-state index contributed by atoms with van der Waals surface area (Å²) in [5, 5.41) is 8.64. The lowest BCUT2D eigenvalue weighted by Crippen LogP contribution is -2.36. The first kappa shape index (κ1) is 13.6. The van der Waals surface area contributed by atoms with E-state index in [4.69, 9.17) is 5.26 Å². The van der Waals surface area contributed by atoms with E-state index in [0.717, 1.165) is 15.1 Å². The SMILES string of the molecule is CC(C)N(CC#N)S(=O)(=O)c1ccc(Br)s1. The van der Waals surface area contributed by atoms with Crippen molar-refractivity contribution in [3.8, 4) is 6.07 Å². The van der Waals surface area contributed by atoms with E-state index in [1.807, 2.05) is 6.07 Å². The molecule has 0 fully saturated rings. The maximum atomic E-state index is 12.1. The van der Waals surface area contributed by atoms with Gasteiger partial charge in [0.1, 0.15) is 10.8 Å². The Balaban J connectivity index is 3.14. The average molecular weight is 323 g/mol. The summed E-state index contributed by atoms with van der Waals surface area (Å²) in [4.78, 5) is 0. The number of thiophene rings is 1.